The summed E-state index contributed by atoms with van der Waals surface area (Å²) >= 11 is 0. The van der Waals surface area contributed by atoms with Crippen molar-refractivity contribution in [3.05, 3.63) is 66.4 Å². The number of benzene rings is 2. The number of amides is 1. The molecule has 0 saturated heterocycles. The van der Waals surface area contributed by atoms with Crippen LogP contribution in [0.25, 0.3) is 23.0 Å². The molecule has 4 rings (SSSR count). The molecule has 0 unspecified atom stereocenters. The molecule has 0 aliphatic carbocycles. The Morgan fingerprint density at radius 2 is 1.85 bits per heavy atom. The molecule has 12 heteroatoms. The molecule has 0 saturated carbocycles. The van der Waals surface area contributed by atoms with Gasteiger partial charge < -0.3 is 19.7 Å². The van der Waals surface area contributed by atoms with Gasteiger partial charge in [0.05, 0.1) is 5.56 Å². The van der Waals surface area contributed by atoms with Crippen molar-refractivity contribution < 1.29 is 32.0 Å². The van der Waals surface area contributed by atoms with Crippen molar-refractivity contribution in [2.75, 3.05) is 6.61 Å². The largest absolute Gasteiger partial charge is 0.484 e. The second-order valence-corrected chi connectivity index (χ2v) is 6.74. The SMILES string of the molecule is NC(=O)COc1ccc(-c2noc(-c3ccn(COc4cccc(C(F)(F)F)c4)n3)n2)cc1. The maximum Gasteiger partial charge on any atom is 0.416 e. The van der Waals surface area contributed by atoms with Crippen LogP contribution >= 0.6 is 0 Å². The van der Waals surface area contributed by atoms with E-state index in [1.807, 2.05) is 0 Å². The fourth-order valence-electron chi connectivity index (χ4n) is 2.75. The first-order valence-electron chi connectivity index (χ1n) is 9.47. The normalized spacial score (nSPS) is 11.4. The van der Waals surface area contributed by atoms with E-state index in [0.29, 0.717) is 22.8 Å². The standard InChI is InChI=1S/C21H16F3N5O4/c22-21(23,24)14-2-1-3-16(10-14)32-12-29-9-8-17(27-29)20-26-19(28-33-20)13-4-6-15(7-5-13)31-11-18(25)30/h1-10H,11-12H2,(H2,25,30). The van der Waals surface area contributed by atoms with E-state index >= 15 is 0 Å². The van der Waals surface area contributed by atoms with Crippen molar-refractivity contribution in [2.45, 2.75) is 12.9 Å². The Kier molecular flexibility index (Phi) is 5.98. The van der Waals surface area contributed by atoms with Crippen LogP contribution in [-0.2, 0) is 17.7 Å². The van der Waals surface area contributed by atoms with Crippen molar-refractivity contribution in [1.82, 2.24) is 19.9 Å². The fraction of sp³-hybridized carbons (Fsp3) is 0.143. The third kappa shape index (κ3) is 5.47. The van der Waals surface area contributed by atoms with E-state index in [0.717, 1.165) is 12.1 Å². The zero-order valence-electron chi connectivity index (χ0n) is 16.8. The lowest BCUT2D eigenvalue weighted by Crippen LogP contribution is -2.19. The van der Waals surface area contributed by atoms with Crippen LogP contribution in [0.2, 0.25) is 0 Å². The molecule has 0 bridgehead atoms. The lowest BCUT2D eigenvalue weighted by Gasteiger charge is -2.10. The van der Waals surface area contributed by atoms with Crippen LogP contribution in [-0.4, -0.2) is 32.4 Å². The van der Waals surface area contributed by atoms with Gasteiger partial charge in [0.2, 0.25) is 5.82 Å². The van der Waals surface area contributed by atoms with E-state index in [2.05, 4.69) is 15.2 Å². The lowest BCUT2D eigenvalue weighted by molar-refractivity contribution is -0.137. The molecule has 170 valence electrons. The zero-order chi connectivity index (χ0) is 23.4. The van der Waals surface area contributed by atoms with Gasteiger partial charge in [-0.3, -0.25) is 4.79 Å². The predicted octanol–water partition coefficient (Wildman–Crippen LogP) is 3.52. The number of nitrogens with two attached hydrogens (primary N) is 1. The minimum atomic E-state index is -4.45. The molecule has 0 aliphatic heterocycles. The molecule has 1 amide bonds. The number of carbonyl (C=O) groups is 1. The number of alkyl halides is 3. The molecule has 2 aromatic heterocycles. The molecule has 0 radical (unpaired) electrons. The summed E-state index contributed by atoms with van der Waals surface area (Å²) in [4.78, 5) is 15.1. The summed E-state index contributed by atoms with van der Waals surface area (Å²) in [5.41, 5.74) is 5.25. The first-order valence-corrected chi connectivity index (χ1v) is 9.47. The quantitative estimate of drug-likeness (QED) is 0.428. The number of hydrogen-bond acceptors (Lipinski definition) is 7. The summed E-state index contributed by atoms with van der Waals surface area (Å²) in [5, 5.41) is 8.15. The Hall–Kier alpha value is -4.35. The summed E-state index contributed by atoms with van der Waals surface area (Å²) in [6, 6.07) is 12.8. The Balaban J connectivity index is 1.40. The van der Waals surface area contributed by atoms with Crippen LogP contribution in [0.15, 0.2) is 65.3 Å². The van der Waals surface area contributed by atoms with Gasteiger partial charge in [-0.1, -0.05) is 11.2 Å². The number of aromatic nitrogens is 4. The van der Waals surface area contributed by atoms with Crippen molar-refractivity contribution >= 4 is 5.91 Å². The van der Waals surface area contributed by atoms with Gasteiger partial charge in [-0.25, -0.2) is 4.68 Å². The molecule has 33 heavy (non-hydrogen) atoms. The molecule has 0 fully saturated rings. The van der Waals surface area contributed by atoms with Crippen LogP contribution in [0.5, 0.6) is 11.5 Å². The van der Waals surface area contributed by atoms with Gasteiger partial charge in [0, 0.05) is 11.8 Å². The van der Waals surface area contributed by atoms with Crippen LogP contribution in [0.3, 0.4) is 0 Å². The Labute approximate surface area is 184 Å². The maximum absolute atomic E-state index is 12.8. The Morgan fingerprint density at radius 1 is 1.06 bits per heavy atom. The number of nitrogens with zero attached hydrogens (tertiary/aromatic N) is 4. The molecule has 2 aromatic carbocycles. The molecular formula is C21H16F3N5O4. The van der Waals surface area contributed by atoms with Gasteiger partial charge in [0.1, 0.15) is 11.5 Å². The summed E-state index contributed by atoms with van der Waals surface area (Å²) in [6.07, 6.45) is -2.89. The summed E-state index contributed by atoms with van der Waals surface area (Å²) in [6.45, 7) is -0.346. The second-order valence-electron chi connectivity index (χ2n) is 6.74. The summed E-state index contributed by atoms with van der Waals surface area (Å²) in [7, 11) is 0. The van der Waals surface area contributed by atoms with Crippen molar-refractivity contribution in [2.24, 2.45) is 5.73 Å². The lowest BCUT2D eigenvalue weighted by atomic mass is 10.2. The van der Waals surface area contributed by atoms with Crippen LogP contribution in [0, 0.1) is 0 Å². The Morgan fingerprint density at radius 3 is 2.58 bits per heavy atom. The zero-order valence-corrected chi connectivity index (χ0v) is 16.8. The number of ether oxygens (including phenoxy) is 2. The molecular weight excluding hydrogens is 443 g/mol. The van der Waals surface area contributed by atoms with Gasteiger partial charge >= 0.3 is 6.18 Å². The second kappa shape index (κ2) is 9.02. The molecule has 0 aliphatic rings. The number of halogens is 3. The molecule has 9 nitrogen and oxygen atoms in total. The number of primary amides is 1. The van der Waals surface area contributed by atoms with Gasteiger partial charge in [0.25, 0.3) is 11.8 Å². The van der Waals surface area contributed by atoms with Crippen LogP contribution in [0.1, 0.15) is 5.56 Å². The number of rotatable bonds is 8. The van der Waals surface area contributed by atoms with E-state index in [4.69, 9.17) is 19.7 Å². The monoisotopic (exact) mass is 459 g/mol. The first kappa shape index (κ1) is 21.9. The number of hydrogen-bond donors (Lipinski definition) is 1. The minimum Gasteiger partial charge on any atom is -0.484 e. The fourth-order valence-corrected chi connectivity index (χ4v) is 2.75. The summed E-state index contributed by atoms with van der Waals surface area (Å²) in [5.74, 6) is 0.394. The van der Waals surface area contributed by atoms with E-state index in [1.165, 1.54) is 16.8 Å². The van der Waals surface area contributed by atoms with E-state index < -0.39 is 17.6 Å². The van der Waals surface area contributed by atoms with Crippen molar-refractivity contribution in [3.8, 4) is 34.5 Å². The highest BCUT2D eigenvalue weighted by Crippen LogP contribution is 2.31. The van der Waals surface area contributed by atoms with Crippen LogP contribution < -0.4 is 15.2 Å². The molecule has 0 spiro atoms. The number of carbonyl (C=O) groups excluding carboxylic acids is 1. The molecule has 2 heterocycles. The van der Waals surface area contributed by atoms with E-state index in [9.17, 15) is 18.0 Å². The Bertz CT molecular complexity index is 1250. The molecule has 4 aromatic rings. The van der Waals surface area contributed by atoms with Gasteiger partial charge in [-0.15, -0.1) is 0 Å². The minimum absolute atomic E-state index is 0.0604. The highest BCUT2D eigenvalue weighted by Gasteiger charge is 2.30. The average molecular weight is 459 g/mol. The van der Waals surface area contributed by atoms with Crippen molar-refractivity contribution in [3.63, 3.8) is 0 Å². The van der Waals surface area contributed by atoms with Crippen LogP contribution in [0.4, 0.5) is 13.2 Å². The average Bonchev–Trinajstić information content (AvgIpc) is 3.46. The maximum atomic E-state index is 12.8. The smallest absolute Gasteiger partial charge is 0.416 e. The third-order valence-corrected chi connectivity index (χ3v) is 4.30. The van der Waals surface area contributed by atoms with Gasteiger partial charge in [0.15, 0.2) is 19.0 Å². The summed E-state index contributed by atoms with van der Waals surface area (Å²) < 4.78 is 55.6. The molecule has 2 N–H and O–H groups in total. The molecule has 0 atom stereocenters. The van der Waals surface area contributed by atoms with E-state index in [-0.39, 0.29) is 25.0 Å². The highest BCUT2D eigenvalue weighted by atomic mass is 19.4. The first-order chi connectivity index (χ1) is 15.8. The van der Waals surface area contributed by atoms with E-state index in [1.54, 1.807) is 36.5 Å². The van der Waals surface area contributed by atoms with Crippen molar-refractivity contribution in [1.29, 1.82) is 0 Å². The third-order valence-electron chi connectivity index (χ3n) is 4.30. The van der Waals surface area contributed by atoms with Gasteiger partial charge in [-0.2, -0.15) is 23.3 Å². The van der Waals surface area contributed by atoms with Gasteiger partial charge in [-0.05, 0) is 48.5 Å². The predicted molar refractivity (Wildman–Crippen MR) is 108 cm³/mol. The topological polar surface area (TPSA) is 118 Å². The highest BCUT2D eigenvalue weighted by molar-refractivity contribution is 5.75.